The second-order valence-corrected chi connectivity index (χ2v) is 7.86. The molecule has 1 N–H and O–H groups in total. The summed E-state index contributed by atoms with van der Waals surface area (Å²) in [5.41, 5.74) is 1.59. The van der Waals surface area contributed by atoms with Gasteiger partial charge >= 0.3 is 0 Å². The molecule has 0 unspecified atom stereocenters. The standard InChI is InChI=1S/C22H23N3O4S/c1-13(25(2)11-14-7-5-8-17(27-3)19(14)28-4)20-23-21(26)18-15(12-30-22(18)24-20)16-9-6-10-29-16/h5-10,12-13H,11H2,1-4H3,(H,23,24,26)/t13-/m0/s1. The van der Waals surface area contributed by atoms with Crippen LogP contribution in [-0.4, -0.2) is 36.1 Å². The third-order valence-corrected chi connectivity index (χ3v) is 6.08. The van der Waals surface area contributed by atoms with Gasteiger partial charge in [0.25, 0.3) is 5.56 Å². The van der Waals surface area contributed by atoms with Gasteiger partial charge in [0.2, 0.25) is 0 Å². The van der Waals surface area contributed by atoms with Crippen LogP contribution in [0.5, 0.6) is 11.5 Å². The van der Waals surface area contributed by atoms with Crippen molar-refractivity contribution >= 4 is 21.6 Å². The van der Waals surface area contributed by atoms with Gasteiger partial charge < -0.3 is 18.9 Å². The van der Waals surface area contributed by atoms with Crippen LogP contribution < -0.4 is 15.0 Å². The molecule has 4 rings (SSSR count). The number of aromatic amines is 1. The number of nitrogens with zero attached hydrogens (tertiary/aromatic N) is 2. The topological polar surface area (TPSA) is 80.6 Å². The molecule has 0 radical (unpaired) electrons. The molecule has 0 saturated heterocycles. The predicted molar refractivity (Wildman–Crippen MR) is 117 cm³/mol. The number of methoxy groups -OCH3 is 2. The normalized spacial score (nSPS) is 12.4. The highest BCUT2D eigenvalue weighted by Crippen LogP contribution is 2.34. The summed E-state index contributed by atoms with van der Waals surface area (Å²) >= 11 is 1.44. The summed E-state index contributed by atoms with van der Waals surface area (Å²) in [5, 5.41) is 2.47. The number of hydrogen-bond donors (Lipinski definition) is 1. The number of aromatic nitrogens is 2. The van der Waals surface area contributed by atoms with Crippen LogP contribution in [0.3, 0.4) is 0 Å². The van der Waals surface area contributed by atoms with Crippen molar-refractivity contribution in [1.29, 1.82) is 0 Å². The molecule has 0 amide bonds. The molecular formula is C22H23N3O4S. The summed E-state index contributed by atoms with van der Waals surface area (Å²) in [6.07, 6.45) is 1.60. The Morgan fingerprint density at radius 3 is 2.77 bits per heavy atom. The molecule has 0 saturated carbocycles. The molecule has 0 bridgehead atoms. The SMILES string of the molecule is COc1cccc(CN(C)[C@@H](C)c2nc3scc(-c4ccco4)c3c(=O)[nH]2)c1OC. The van der Waals surface area contributed by atoms with Gasteiger partial charge in [0.15, 0.2) is 11.5 Å². The molecule has 0 aliphatic rings. The van der Waals surface area contributed by atoms with Crippen LogP contribution in [0.15, 0.2) is 51.2 Å². The highest BCUT2D eigenvalue weighted by atomic mass is 32.1. The Kier molecular flexibility index (Phi) is 5.61. The van der Waals surface area contributed by atoms with Gasteiger partial charge in [0.1, 0.15) is 16.4 Å². The number of thiophene rings is 1. The van der Waals surface area contributed by atoms with Gasteiger partial charge in [-0.3, -0.25) is 9.69 Å². The van der Waals surface area contributed by atoms with E-state index >= 15 is 0 Å². The lowest BCUT2D eigenvalue weighted by molar-refractivity contribution is 0.239. The summed E-state index contributed by atoms with van der Waals surface area (Å²) < 4.78 is 16.4. The van der Waals surface area contributed by atoms with Crippen LogP contribution >= 0.6 is 11.3 Å². The van der Waals surface area contributed by atoms with Gasteiger partial charge in [0, 0.05) is 23.1 Å². The molecule has 0 fully saturated rings. The minimum atomic E-state index is -0.165. The molecule has 7 nitrogen and oxygen atoms in total. The van der Waals surface area contributed by atoms with Crippen molar-refractivity contribution in [2.75, 3.05) is 21.3 Å². The molecule has 1 atom stereocenters. The maximum Gasteiger partial charge on any atom is 0.260 e. The van der Waals surface area contributed by atoms with Crippen molar-refractivity contribution in [3.8, 4) is 22.8 Å². The van der Waals surface area contributed by atoms with E-state index in [0.717, 1.165) is 11.1 Å². The lowest BCUT2D eigenvalue weighted by Crippen LogP contribution is -2.26. The Labute approximate surface area is 177 Å². The number of H-pyrrole nitrogens is 1. The first-order chi connectivity index (χ1) is 14.5. The van der Waals surface area contributed by atoms with Crippen LogP contribution in [0.25, 0.3) is 21.5 Å². The Hall–Kier alpha value is -3.10. The van der Waals surface area contributed by atoms with Crippen molar-refractivity contribution < 1.29 is 13.9 Å². The highest BCUT2D eigenvalue weighted by Gasteiger charge is 2.21. The van der Waals surface area contributed by atoms with E-state index in [4.69, 9.17) is 18.9 Å². The minimum absolute atomic E-state index is 0.118. The second-order valence-electron chi connectivity index (χ2n) is 7.00. The average Bonchev–Trinajstić information content (AvgIpc) is 3.42. The zero-order valence-electron chi connectivity index (χ0n) is 17.3. The van der Waals surface area contributed by atoms with Gasteiger partial charge in [-0.1, -0.05) is 12.1 Å². The lowest BCUT2D eigenvalue weighted by Gasteiger charge is -2.25. The predicted octanol–water partition coefficient (Wildman–Crippen LogP) is 4.45. The number of para-hydroxylation sites is 1. The molecule has 0 aliphatic carbocycles. The van der Waals surface area contributed by atoms with Crippen molar-refractivity contribution in [1.82, 2.24) is 14.9 Å². The highest BCUT2D eigenvalue weighted by molar-refractivity contribution is 7.17. The van der Waals surface area contributed by atoms with Gasteiger partial charge in [-0.15, -0.1) is 11.3 Å². The van der Waals surface area contributed by atoms with Crippen molar-refractivity contribution in [2.45, 2.75) is 19.5 Å². The summed E-state index contributed by atoms with van der Waals surface area (Å²) in [7, 11) is 5.23. The monoisotopic (exact) mass is 425 g/mol. The Bertz CT molecular complexity index is 1210. The molecule has 8 heteroatoms. The molecule has 3 aromatic heterocycles. The van der Waals surface area contributed by atoms with Gasteiger partial charge in [-0.25, -0.2) is 4.98 Å². The summed E-state index contributed by atoms with van der Waals surface area (Å²) in [5.74, 6) is 2.67. The molecule has 1 aromatic carbocycles. The third-order valence-electron chi connectivity index (χ3n) is 5.21. The molecule has 30 heavy (non-hydrogen) atoms. The third kappa shape index (κ3) is 3.59. The molecule has 3 heterocycles. The van der Waals surface area contributed by atoms with E-state index in [9.17, 15) is 4.79 Å². The van der Waals surface area contributed by atoms with Crippen molar-refractivity contribution in [2.24, 2.45) is 0 Å². The van der Waals surface area contributed by atoms with E-state index in [0.29, 0.717) is 39.8 Å². The first kappa shape index (κ1) is 20.2. The first-order valence-electron chi connectivity index (χ1n) is 9.48. The number of ether oxygens (including phenoxy) is 2. The van der Waals surface area contributed by atoms with Gasteiger partial charge in [-0.2, -0.15) is 0 Å². The molecule has 156 valence electrons. The van der Waals surface area contributed by atoms with Gasteiger partial charge in [-0.05, 0) is 32.2 Å². The number of furan rings is 1. The quantitative estimate of drug-likeness (QED) is 0.471. The number of nitrogens with one attached hydrogen (secondary N) is 1. The Morgan fingerprint density at radius 1 is 1.23 bits per heavy atom. The number of benzene rings is 1. The van der Waals surface area contributed by atoms with E-state index < -0.39 is 0 Å². The van der Waals surface area contributed by atoms with Crippen molar-refractivity contribution in [3.63, 3.8) is 0 Å². The van der Waals surface area contributed by atoms with Crippen LogP contribution in [-0.2, 0) is 6.54 Å². The van der Waals surface area contributed by atoms with Gasteiger partial charge in [0.05, 0.1) is 31.9 Å². The molecule has 0 aliphatic heterocycles. The van der Waals surface area contributed by atoms with Crippen LogP contribution in [0.2, 0.25) is 0 Å². The fraction of sp³-hybridized carbons (Fsp3) is 0.273. The van der Waals surface area contributed by atoms with E-state index in [1.54, 1.807) is 26.5 Å². The Balaban J connectivity index is 1.64. The number of rotatable bonds is 7. The lowest BCUT2D eigenvalue weighted by atomic mass is 10.1. The number of hydrogen-bond acceptors (Lipinski definition) is 7. The fourth-order valence-corrected chi connectivity index (χ4v) is 4.40. The fourth-order valence-electron chi connectivity index (χ4n) is 3.47. The van der Waals surface area contributed by atoms with Crippen LogP contribution in [0.4, 0.5) is 0 Å². The number of fused-ring (bicyclic) bond motifs is 1. The molecule has 4 aromatic rings. The van der Waals surface area contributed by atoms with Crippen molar-refractivity contribution in [3.05, 3.63) is 63.7 Å². The second kappa shape index (κ2) is 8.33. The first-order valence-corrected chi connectivity index (χ1v) is 10.4. The van der Waals surface area contributed by atoms with E-state index in [1.807, 2.05) is 43.6 Å². The summed E-state index contributed by atoms with van der Waals surface area (Å²) in [6.45, 7) is 2.61. The van der Waals surface area contributed by atoms with Crippen LogP contribution in [0, 0.1) is 0 Å². The largest absolute Gasteiger partial charge is 0.493 e. The van der Waals surface area contributed by atoms with Crippen LogP contribution in [0.1, 0.15) is 24.4 Å². The zero-order chi connectivity index (χ0) is 21.3. The maximum absolute atomic E-state index is 12.9. The average molecular weight is 426 g/mol. The van der Waals surface area contributed by atoms with E-state index in [1.165, 1.54) is 11.3 Å². The Morgan fingerprint density at radius 2 is 2.07 bits per heavy atom. The smallest absolute Gasteiger partial charge is 0.260 e. The summed E-state index contributed by atoms with van der Waals surface area (Å²) in [6, 6.07) is 9.33. The summed E-state index contributed by atoms with van der Waals surface area (Å²) in [4.78, 5) is 23.3. The molecule has 0 spiro atoms. The maximum atomic E-state index is 12.9. The molecular weight excluding hydrogens is 402 g/mol. The zero-order valence-corrected chi connectivity index (χ0v) is 18.1. The van der Waals surface area contributed by atoms with E-state index in [-0.39, 0.29) is 11.6 Å². The van der Waals surface area contributed by atoms with E-state index in [2.05, 4.69) is 9.88 Å². The minimum Gasteiger partial charge on any atom is -0.493 e.